The minimum Gasteiger partial charge on any atom is -0.493 e. The highest BCUT2D eigenvalue weighted by Gasteiger charge is 2.20. The van der Waals surface area contributed by atoms with E-state index in [0.29, 0.717) is 13.2 Å². The van der Waals surface area contributed by atoms with E-state index in [2.05, 4.69) is 16.0 Å². The van der Waals surface area contributed by atoms with Gasteiger partial charge in [0.1, 0.15) is 12.4 Å². The summed E-state index contributed by atoms with van der Waals surface area (Å²) in [6, 6.07) is 5.84. The number of carbonyl (C=O) groups is 1. The molecule has 6 nitrogen and oxygen atoms in total. The van der Waals surface area contributed by atoms with Crippen LogP contribution in [0, 0.1) is 0 Å². The molecule has 3 rings (SSSR count). The number of nitrogens with one attached hydrogen (secondary N) is 1. The first-order chi connectivity index (χ1) is 11.7. The number of methoxy groups -OCH3 is 1. The molecule has 0 aliphatic carbocycles. The van der Waals surface area contributed by atoms with Crippen LogP contribution in [0.5, 0.6) is 5.75 Å². The molecule has 0 saturated carbocycles. The second-order valence-electron chi connectivity index (χ2n) is 5.51. The van der Waals surface area contributed by atoms with E-state index in [1.807, 2.05) is 31.3 Å². The summed E-state index contributed by atoms with van der Waals surface area (Å²) in [5, 5.41) is 0. The van der Waals surface area contributed by atoms with Crippen molar-refractivity contribution >= 4 is 23.2 Å². The number of fused-ring (bicyclic) bond motifs is 1. The Morgan fingerprint density at radius 2 is 2.38 bits per heavy atom. The number of hydrogen-bond acceptors (Lipinski definition) is 4. The van der Waals surface area contributed by atoms with Crippen molar-refractivity contribution in [3.05, 3.63) is 42.0 Å². The van der Waals surface area contributed by atoms with Crippen LogP contribution in [0.15, 0.2) is 30.7 Å². The van der Waals surface area contributed by atoms with E-state index < -0.39 is 0 Å². The number of aromatic amines is 1. The van der Waals surface area contributed by atoms with Gasteiger partial charge in [0.15, 0.2) is 0 Å². The van der Waals surface area contributed by atoms with E-state index >= 15 is 0 Å². The zero-order valence-corrected chi connectivity index (χ0v) is 13.9. The Kier molecular flexibility index (Phi) is 4.96. The van der Waals surface area contributed by atoms with Gasteiger partial charge in [0, 0.05) is 37.5 Å². The van der Waals surface area contributed by atoms with Crippen molar-refractivity contribution in [2.75, 3.05) is 31.8 Å². The Labute approximate surface area is 141 Å². The fourth-order valence-electron chi connectivity index (χ4n) is 2.85. The van der Waals surface area contributed by atoms with Gasteiger partial charge in [-0.15, -0.1) is 0 Å². The molecular formula is C18H21N3O3. The van der Waals surface area contributed by atoms with Gasteiger partial charge >= 0.3 is 0 Å². The number of benzene rings is 1. The fourth-order valence-corrected chi connectivity index (χ4v) is 2.85. The third-order valence-electron chi connectivity index (χ3n) is 3.98. The van der Waals surface area contributed by atoms with Gasteiger partial charge in [-0.3, -0.25) is 4.79 Å². The lowest BCUT2D eigenvalue weighted by Gasteiger charge is -2.25. The minimum absolute atomic E-state index is 0.0606. The largest absolute Gasteiger partial charge is 0.493 e. The van der Waals surface area contributed by atoms with Crippen molar-refractivity contribution in [3.63, 3.8) is 0 Å². The van der Waals surface area contributed by atoms with Crippen molar-refractivity contribution in [1.82, 2.24) is 9.97 Å². The molecule has 1 N–H and O–H groups in total. The SMILES string of the molecule is CCN(C(=O)COC)c1ccc2c(c1)/C(=C/c1c[nH]cn1)CCO2. The number of H-pyrrole nitrogens is 1. The van der Waals surface area contributed by atoms with Crippen molar-refractivity contribution in [3.8, 4) is 5.75 Å². The Bertz CT molecular complexity index is 738. The van der Waals surface area contributed by atoms with Crippen molar-refractivity contribution in [2.45, 2.75) is 13.3 Å². The molecule has 6 heteroatoms. The summed E-state index contributed by atoms with van der Waals surface area (Å²) in [4.78, 5) is 21.1. The van der Waals surface area contributed by atoms with Crippen LogP contribution in [0.1, 0.15) is 24.6 Å². The van der Waals surface area contributed by atoms with Crippen molar-refractivity contribution in [2.24, 2.45) is 0 Å². The number of aromatic nitrogens is 2. The number of ether oxygens (including phenoxy) is 2. The second kappa shape index (κ2) is 7.31. The number of carbonyl (C=O) groups excluding carboxylic acids is 1. The fraction of sp³-hybridized carbons (Fsp3) is 0.333. The van der Waals surface area contributed by atoms with Gasteiger partial charge < -0.3 is 19.4 Å². The van der Waals surface area contributed by atoms with Gasteiger partial charge in [-0.2, -0.15) is 0 Å². The Morgan fingerprint density at radius 3 is 3.08 bits per heavy atom. The van der Waals surface area contributed by atoms with Gasteiger partial charge in [0.2, 0.25) is 0 Å². The molecule has 2 aromatic rings. The Balaban J connectivity index is 1.97. The van der Waals surface area contributed by atoms with Crippen LogP contribution in [0.4, 0.5) is 5.69 Å². The molecule has 1 amide bonds. The first-order valence-corrected chi connectivity index (χ1v) is 7.98. The van der Waals surface area contributed by atoms with Gasteiger partial charge in [0.05, 0.1) is 18.6 Å². The highest BCUT2D eigenvalue weighted by molar-refractivity contribution is 5.95. The topological polar surface area (TPSA) is 67.5 Å². The average molecular weight is 327 g/mol. The number of rotatable bonds is 5. The lowest BCUT2D eigenvalue weighted by Crippen LogP contribution is -2.33. The second-order valence-corrected chi connectivity index (χ2v) is 5.51. The van der Waals surface area contributed by atoms with E-state index in [4.69, 9.17) is 9.47 Å². The van der Waals surface area contributed by atoms with Crippen LogP contribution in [0.2, 0.25) is 0 Å². The normalized spacial score (nSPS) is 15.0. The predicted octanol–water partition coefficient (Wildman–Crippen LogP) is 2.73. The molecule has 0 fully saturated rings. The van der Waals surface area contributed by atoms with Gasteiger partial charge in [-0.05, 0) is 36.8 Å². The molecule has 0 unspecified atom stereocenters. The maximum Gasteiger partial charge on any atom is 0.252 e. The highest BCUT2D eigenvalue weighted by Crippen LogP contribution is 2.36. The molecule has 24 heavy (non-hydrogen) atoms. The summed E-state index contributed by atoms with van der Waals surface area (Å²) in [7, 11) is 1.52. The molecule has 0 spiro atoms. The molecule has 1 aliphatic rings. The molecule has 0 bridgehead atoms. The smallest absolute Gasteiger partial charge is 0.252 e. The van der Waals surface area contributed by atoms with Gasteiger partial charge in [-0.25, -0.2) is 4.98 Å². The summed E-state index contributed by atoms with van der Waals surface area (Å²) < 4.78 is 10.7. The highest BCUT2D eigenvalue weighted by atomic mass is 16.5. The molecular weight excluding hydrogens is 306 g/mol. The molecule has 1 aromatic heterocycles. The number of amides is 1. The van der Waals surface area contributed by atoms with E-state index in [1.165, 1.54) is 7.11 Å². The molecule has 0 radical (unpaired) electrons. The number of likely N-dealkylation sites (N-methyl/N-ethyl adjacent to an activating group) is 1. The predicted molar refractivity (Wildman–Crippen MR) is 92.9 cm³/mol. The molecule has 0 atom stereocenters. The van der Waals surface area contributed by atoms with Crippen molar-refractivity contribution in [1.29, 1.82) is 0 Å². The van der Waals surface area contributed by atoms with Crippen LogP contribution in [-0.4, -0.2) is 42.7 Å². The Morgan fingerprint density at radius 1 is 1.50 bits per heavy atom. The quantitative estimate of drug-likeness (QED) is 0.917. The zero-order chi connectivity index (χ0) is 16.9. The first kappa shape index (κ1) is 16.3. The summed E-state index contributed by atoms with van der Waals surface area (Å²) in [5.41, 5.74) is 3.88. The zero-order valence-electron chi connectivity index (χ0n) is 13.9. The van der Waals surface area contributed by atoms with E-state index in [0.717, 1.165) is 34.7 Å². The minimum atomic E-state index is -0.0606. The monoisotopic (exact) mass is 327 g/mol. The van der Waals surface area contributed by atoms with Gasteiger partial charge in [-0.1, -0.05) is 0 Å². The molecule has 0 saturated heterocycles. The van der Waals surface area contributed by atoms with Crippen LogP contribution < -0.4 is 9.64 Å². The summed E-state index contributed by atoms with van der Waals surface area (Å²) in [5.74, 6) is 0.775. The lowest BCUT2D eigenvalue weighted by molar-refractivity contribution is -0.122. The average Bonchev–Trinajstić information content (AvgIpc) is 3.09. The van der Waals surface area contributed by atoms with Crippen LogP contribution >= 0.6 is 0 Å². The van der Waals surface area contributed by atoms with Crippen molar-refractivity contribution < 1.29 is 14.3 Å². The van der Waals surface area contributed by atoms with Crippen LogP contribution in [0.3, 0.4) is 0 Å². The molecule has 126 valence electrons. The summed E-state index contributed by atoms with van der Waals surface area (Å²) in [6.45, 7) is 3.24. The number of nitrogens with zero attached hydrogens (tertiary/aromatic N) is 2. The summed E-state index contributed by atoms with van der Waals surface area (Å²) >= 11 is 0. The Hall–Kier alpha value is -2.60. The van der Waals surface area contributed by atoms with Crippen LogP contribution in [-0.2, 0) is 9.53 Å². The van der Waals surface area contributed by atoms with Gasteiger partial charge in [0.25, 0.3) is 5.91 Å². The number of imidazole rings is 1. The molecule has 2 heterocycles. The van der Waals surface area contributed by atoms with E-state index in [9.17, 15) is 4.79 Å². The van der Waals surface area contributed by atoms with Crippen LogP contribution in [0.25, 0.3) is 11.6 Å². The summed E-state index contributed by atoms with van der Waals surface area (Å²) in [6.07, 6.45) is 6.37. The third-order valence-corrected chi connectivity index (χ3v) is 3.98. The maximum absolute atomic E-state index is 12.2. The maximum atomic E-state index is 12.2. The number of hydrogen-bond donors (Lipinski definition) is 1. The van der Waals surface area contributed by atoms with E-state index in [1.54, 1.807) is 11.2 Å². The molecule has 1 aromatic carbocycles. The standard InChI is InChI=1S/C18H21N3O3/c1-3-21(18(22)11-23-2)15-4-5-17-16(9-15)13(6-7-24-17)8-14-10-19-12-20-14/h4-5,8-10,12H,3,6-7,11H2,1-2H3,(H,19,20)/b13-8+. The molecule has 1 aliphatic heterocycles. The first-order valence-electron chi connectivity index (χ1n) is 7.98. The number of anilines is 1. The lowest BCUT2D eigenvalue weighted by atomic mass is 9.98. The third kappa shape index (κ3) is 3.33. The van der Waals surface area contributed by atoms with E-state index in [-0.39, 0.29) is 12.5 Å².